The number of aryl methyl sites for hydroxylation is 2. The van der Waals surface area contributed by atoms with Crippen LogP contribution in [0.1, 0.15) is 28.8 Å². The van der Waals surface area contributed by atoms with Crippen molar-refractivity contribution >= 4 is 23.2 Å². The second kappa shape index (κ2) is 6.04. The number of hydrogen-bond donors (Lipinski definition) is 1. The fraction of sp³-hybridized carbons (Fsp3) is 0.278. The highest BCUT2D eigenvalue weighted by molar-refractivity contribution is 6.37. The number of rotatable bonds is 4. The second-order valence-corrected chi connectivity index (χ2v) is 6.71. The summed E-state index contributed by atoms with van der Waals surface area (Å²) in [6.07, 6.45) is 7.19. The zero-order chi connectivity index (χ0) is 17.6. The van der Waals surface area contributed by atoms with Gasteiger partial charge in [-0.25, -0.2) is 0 Å². The molecule has 6 nitrogen and oxygen atoms in total. The van der Waals surface area contributed by atoms with Crippen molar-refractivity contribution in [2.75, 3.05) is 4.90 Å². The Labute approximate surface area is 150 Å². The molecule has 1 aliphatic rings. The molecule has 3 aromatic rings. The van der Waals surface area contributed by atoms with Crippen molar-refractivity contribution in [2.45, 2.75) is 25.8 Å². The van der Waals surface area contributed by atoms with Crippen molar-refractivity contribution in [3.05, 3.63) is 52.9 Å². The van der Waals surface area contributed by atoms with Gasteiger partial charge in [-0.15, -0.1) is 0 Å². The predicted molar refractivity (Wildman–Crippen MR) is 96.8 cm³/mol. The van der Waals surface area contributed by atoms with Gasteiger partial charge in [0.1, 0.15) is 0 Å². The Morgan fingerprint density at radius 2 is 2.16 bits per heavy atom. The summed E-state index contributed by atoms with van der Waals surface area (Å²) in [5, 5.41) is 11.5. The van der Waals surface area contributed by atoms with Crippen LogP contribution in [0.5, 0.6) is 0 Å². The Bertz CT molecular complexity index is 908. The number of carbonyl (C=O) groups is 1. The minimum absolute atomic E-state index is 0.101. The number of halogens is 1. The van der Waals surface area contributed by atoms with Gasteiger partial charge < -0.3 is 4.90 Å². The summed E-state index contributed by atoms with van der Waals surface area (Å²) in [5.41, 5.74) is 4.01. The summed E-state index contributed by atoms with van der Waals surface area (Å²) in [7, 11) is 1.87. The van der Waals surface area contributed by atoms with Crippen molar-refractivity contribution in [2.24, 2.45) is 7.05 Å². The lowest BCUT2D eigenvalue weighted by molar-refractivity contribution is 0.0985. The monoisotopic (exact) mass is 355 g/mol. The fourth-order valence-corrected chi connectivity index (χ4v) is 3.44. The highest BCUT2D eigenvalue weighted by Gasteiger charge is 2.35. The van der Waals surface area contributed by atoms with Gasteiger partial charge in [-0.1, -0.05) is 23.7 Å². The van der Waals surface area contributed by atoms with Crippen molar-refractivity contribution in [1.29, 1.82) is 0 Å². The minimum Gasteiger partial charge on any atom is -0.302 e. The molecule has 0 radical (unpaired) electrons. The van der Waals surface area contributed by atoms with Gasteiger partial charge in [0.25, 0.3) is 5.91 Å². The summed E-state index contributed by atoms with van der Waals surface area (Å²) >= 11 is 6.66. The van der Waals surface area contributed by atoms with E-state index in [0.717, 1.165) is 35.3 Å². The molecular weight excluding hydrogens is 338 g/mol. The summed E-state index contributed by atoms with van der Waals surface area (Å²) in [5.74, 6) is -0.101. The van der Waals surface area contributed by atoms with Crippen LogP contribution in [0.15, 0.2) is 36.8 Å². The molecule has 128 valence electrons. The molecular formula is C18H18ClN5O. The Hall–Kier alpha value is -2.60. The van der Waals surface area contributed by atoms with Crippen LogP contribution >= 0.6 is 11.6 Å². The molecule has 1 amide bonds. The van der Waals surface area contributed by atoms with Crippen LogP contribution in [-0.4, -0.2) is 31.9 Å². The molecule has 1 fully saturated rings. The third-order valence-corrected chi connectivity index (χ3v) is 4.91. The molecule has 1 aliphatic carbocycles. The van der Waals surface area contributed by atoms with Gasteiger partial charge in [-0.05, 0) is 31.4 Å². The molecule has 0 bridgehead atoms. The van der Waals surface area contributed by atoms with Crippen LogP contribution in [0.3, 0.4) is 0 Å². The van der Waals surface area contributed by atoms with E-state index < -0.39 is 0 Å². The zero-order valence-electron chi connectivity index (χ0n) is 14.0. The normalized spacial score (nSPS) is 13.9. The highest BCUT2D eigenvalue weighted by Crippen LogP contribution is 2.36. The number of H-pyrrole nitrogens is 1. The van der Waals surface area contributed by atoms with Crippen LogP contribution in [0.2, 0.25) is 5.02 Å². The van der Waals surface area contributed by atoms with E-state index in [9.17, 15) is 4.79 Å². The third kappa shape index (κ3) is 2.72. The van der Waals surface area contributed by atoms with Gasteiger partial charge in [0, 0.05) is 24.8 Å². The van der Waals surface area contributed by atoms with Crippen LogP contribution in [0.25, 0.3) is 11.3 Å². The van der Waals surface area contributed by atoms with Gasteiger partial charge in [-0.2, -0.15) is 10.2 Å². The number of benzene rings is 1. The maximum absolute atomic E-state index is 13.2. The highest BCUT2D eigenvalue weighted by atomic mass is 35.5. The Morgan fingerprint density at radius 3 is 2.76 bits per heavy atom. The predicted octanol–water partition coefficient (Wildman–Crippen LogP) is 3.58. The molecule has 2 aromatic heterocycles. The first-order valence-electron chi connectivity index (χ1n) is 8.17. The summed E-state index contributed by atoms with van der Waals surface area (Å²) in [4.78, 5) is 15.0. The number of hydrogen-bond acceptors (Lipinski definition) is 3. The smallest absolute Gasteiger partial charge is 0.260 e. The number of amides is 1. The van der Waals surface area contributed by atoms with Crippen LogP contribution in [0, 0.1) is 6.92 Å². The van der Waals surface area contributed by atoms with E-state index in [1.807, 2.05) is 26.1 Å². The van der Waals surface area contributed by atoms with E-state index in [-0.39, 0.29) is 11.9 Å². The van der Waals surface area contributed by atoms with E-state index in [2.05, 4.69) is 15.3 Å². The van der Waals surface area contributed by atoms with Gasteiger partial charge in [0.15, 0.2) is 0 Å². The molecule has 0 spiro atoms. The Morgan fingerprint density at radius 1 is 1.36 bits per heavy atom. The first-order valence-corrected chi connectivity index (χ1v) is 8.55. The Kier molecular flexibility index (Phi) is 3.84. The molecule has 1 N–H and O–H groups in total. The summed E-state index contributed by atoms with van der Waals surface area (Å²) in [6, 6.07) is 5.77. The van der Waals surface area contributed by atoms with E-state index in [4.69, 9.17) is 11.6 Å². The number of anilines is 1. The first kappa shape index (κ1) is 15.9. The van der Waals surface area contributed by atoms with E-state index in [1.165, 1.54) is 0 Å². The SMILES string of the molecule is Cc1cnn(C)c1-c1cccc(C(=O)N(c2cn[nH]c2)C2CC2)c1Cl. The molecule has 0 saturated heterocycles. The Balaban J connectivity index is 1.78. The second-order valence-electron chi connectivity index (χ2n) is 6.33. The molecule has 4 rings (SSSR count). The molecule has 1 aromatic carbocycles. The van der Waals surface area contributed by atoms with Crippen LogP contribution < -0.4 is 4.90 Å². The number of aromatic nitrogens is 4. The third-order valence-electron chi connectivity index (χ3n) is 4.50. The lowest BCUT2D eigenvalue weighted by Gasteiger charge is -2.22. The molecule has 0 atom stereocenters. The van der Waals surface area contributed by atoms with E-state index in [1.54, 1.807) is 34.2 Å². The lowest BCUT2D eigenvalue weighted by Crippen LogP contribution is -2.33. The standard InChI is InChI=1S/C18H18ClN5O/c1-11-8-22-23(2)17(11)14-4-3-5-15(16(14)19)18(25)24(12-6-7-12)13-9-20-21-10-13/h3-5,8-10,12H,6-7H2,1-2H3,(H,20,21). The number of nitrogens with one attached hydrogen (secondary N) is 1. The van der Waals surface area contributed by atoms with Crippen molar-refractivity contribution in [3.63, 3.8) is 0 Å². The largest absolute Gasteiger partial charge is 0.302 e. The van der Waals surface area contributed by atoms with Crippen molar-refractivity contribution in [1.82, 2.24) is 20.0 Å². The maximum Gasteiger partial charge on any atom is 0.260 e. The van der Waals surface area contributed by atoms with Crippen LogP contribution in [-0.2, 0) is 7.05 Å². The molecule has 0 aliphatic heterocycles. The van der Waals surface area contributed by atoms with E-state index >= 15 is 0 Å². The molecule has 1 saturated carbocycles. The average molecular weight is 356 g/mol. The number of carbonyl (C=O) groups excluding carboxylic acids is 1. The molecule has 0 unspecified atom stereocenters. The fourth-order valence-electron chi connectivity index (χ4n) is 3.15. The van der Waals surface area contributed by atoms with Crippen LogP contribution in [0.4, 0.5) is 5.69 Å². The molecule has 2 heterocycles. The maximum atomic E-state index is 13.2. The topological polar surface area (TPSA) is 66.8 Å². The lowest BCUT2D eigenvalue weighted by atomic mass is 10.0. The van der Waals surface area contributed by atoms with Gasteiger partial charge in [0.2, 0.25) is 0 Å². The minimum atomic E-state index is -0.101. The number of aromatic amines is 1. The summed E-state index contributed by atoms with van der Waals surface area (Å²) < 4.78 is 1.78. The van der Waals surface area contributed by atoms with Gasteiger partial charge in [-0.3, -0.25) is 14.6 Å². The average Bonchev–Trinajstić information content (AvgIpc) is 3.16. The quantitative estimate of drug-likeness (QED) is 0.777. The molecule has 7 heteroatoms. The zero-order valence-corrected chi connectivity index (χ0v) is 14.8. The van der Waals surface area contributed by atoms with Gasteiger partial charge in [0.05, 0.1) is 34.4 Å². The van der Waals surface area contributed by atoms with Gasteiger partial charge >= 0.3 is 0 Å². The summed E-state index contributed by atoms with van der Waals surface area (Å²) in [6.45, 7) is 1.98. The first-order chi connectivity index (χ1) is 12.1. The van der Waals surface area contributed by atoms with Crippen molar-refractivity contribution < 1.29 is 4.79 Å². The molecule has 25 heavy (non-hydrogen) atoms. The van der Waals surface area contributed by atoms with E-state index in [0.29, 0.717) is 10.6 Å². The number of nitrogens with zero attached hydrogens (tertiary/aromatic N) is 4. The van der Waals surface area contributed by atoms with Crippen molar-refractivity contribution in [3.8, 4) is 11.3 Å².